The number of aryl methyl sites for hydroxylation is 2. The molecule has 268 valence electrons. The van der Waals surface area contributed by atoms with Crippen LogP contribution < -0.4 is 16.0 Å². The van der Waals surface area contributed by atoms with Gasteiger partial charge in [0.1, 0.15) is 12.1 Å². The van der Waals surface area contributed by atoms with Crippen molar-refractivity contribution in [2.45, 2.75) is 116 Å². The number of oxime groups is 1. The molecule has 2 fully saturated rings. The maximum Gasteiger partial charge on any atom is 0.289 e. The van der Waals surface area contributed by atoms with Gasteiger partial charge in [-0.2, -0.15) is 0 Å². The first-order chi connectivity index (χ1) is 23.7. The summed E-state index contributed by atoms with van der Waals surface area (Å²) in [5, 5.41) is 13.4. The van der Waals surface area contributed by atoms with E-state index in [9.17, 15) is 24.0 Å². The van der Waals surface area contributed by atoms with Gasteiger partial charge in [0.15, 0.2) is 5.60 Å². The molecule has 1 saturated carbocycles. The molecule has 2 aromatic rings. The fourth-order valence-electron chi connectivity index (χ4n) is 6.48. The number of amides is 4. The Morgan fingerprint density at radius 1 is 1.06 bits per heavy atom. The molecule has 1 aliphatic carbocycles. The van der Waals surface area contributed by atoms with E-state index < -0.39 is 52.6 Å². The van der Waals surface area contributed by atoms with Gasteiger partial charge < -0.3 is 25.7 Å². The average molecular weight is 706 g/mol. The van der Waals surface area contributed by atoms with E-state index >= 15 is 0 Å². The Labute approximate surface area is 298 Å². The van der Waals surface area contributed by atoms with Crippen LogP contribution in [0.1, 0.15) is 89.3 Å². The van der Waals surface area contributed by atoms with E-state index in [0.29, 0.717) is 30.0 Å². The number of nitrogens with one attached hydrogen (secondary N) is 3. The molecule has 0 aromatic heterocycles. The zero-order valence-electron chi connectivity index (χ0n) is 29.5. The van der Waals surface area contributed by atoms with Crippen LogP contribution in [0.25, 0.3) is 0 Å². The second kappa shape index (κ2) is 15.3. The summed E-state index contributed by atoms with van der Waals surface area (Å²) in [5.41, 5.74) is 1.80. The normalized spacial score (nSPS) is 21.2. The lowest BCUT2D eigenvalue weighted by Crippen LogP contribution is -2.59. The predicted molar refractivity (Wildman–Crippen MR) is 190 cm³/mol. The molecule has 1 saturated heterocycles. The highest BCUT2D eigenvalue weighted by atomic mass is 35.5. The molecule has 5 rings (SSSR count). The van der Waals surface area contributed by atoms with E-state index in [4.69, 9.17) is 16.4 Å². The summed E-state index contributed by atoms with van der Waals surface area (Å²) in [4.78, 5) is 75.3. The fourth-order valence-corrected chi connectivity index (χ4v) is 6.67. The first kappa shape index (κ1) is 37.0. The summed E-state index contributed by atoms with van der Waals surface area (Å²) in [7, 11) is 0. The number of benzene rings is 2. The van der Waals surface area contributed by atoms with E-state index in [2.05, 4.69) is 21.1 Å². The zero-order chi connectivity index (χ0) is 36.2. The van der Waals surface area contributed by atoms with Crippen molar-refractivity contribution in [2.24, 2.45) is 10.6 Å². The second-order valence-electron chi connectivity index (χ2n) is 15.0. The lowest BCUT2D eigenvalue weighted by molar-refractivity contribution is -0.145. The van der Waals surface area contributed by atoms with Crippen molar-refractivity contribution in [2.75, 3.05) is 6.54 Å². The van der Waals surface area contributed by atoms with E-state index in [1.807, 2.05) is 71.0 Å². The monoisotopic (exact) mass is 705 g/mol. The van der Waals surface area contributed by atoms with Gasteiger partial charge in [-0.3, -0.25) is 24.0 Å². The van der Waals surface area contributed by atoms with E-state index in [1.54, 1.807) is 12.1 Å². The minimum absolute atomic E-state index is 0.0122. The van der Waals surface area contributed by atoms with Crippen molar-refractivity contribution in [3.8, 4) is 0 Å². The summed E-state index contributed by atoms with van der Waals surface area (Å²) >= 11 is 6.25. The molecule has 0 radical (unpaired) electrons. The molecule has 3 N–H and O–H groups in total. The largest absolute Gasteiger partial charge is 0.387 e. The van der Waals surface area contributed by atoms with Gasteiger partial charge in [0.2, 0.25) is 23.5 Å². The first-order valence-corrected chi connectivity index (χ1v) is 17.9. The molecule has 0 bridgehead atoms. The molecular weight excluding hydrogens is 658 g/mol. The van der Waals surface area contributed by atoms with Gasteiger partial charge in [-0.25, -0.2) is 0 Å². The SMILES string of the molecule is CCC[C@H](NC(=O)[C@@H]1C[C@]2(CC(c3cccc(Cl)c3)=NO2)CN1C(=O)[C@@H](NC(=O)CCc1ccc(C)cc1)C(C)(C)C)C(=O)C(=O)NC1CC1. The maximum atomic E-state index is 14.6. The smallest absolute Gasteiger partial charge is 0.289 e. The van der Waals surface area contributed by atoms with Gasteiger partial charge in [-0.05, 0) is 55.7 Å². The van der Waals surface area contributed by atoms with Gasteiger partial charge in [-0.15, -0.1) is 0 Å². The number of Topliss-reactive ketones (excluding diaryl/α,β-unsaturated/α-hetero) is 1. The minimum atomic E-state index is -1.05. The first-order valence-electron chi connectivity index (χ1n) is 17.5. The summed E-state index contributed by atoms with van der Waals surface area (Å²) in [5.74, 6) is -2.73. The lowest BCUT2D eigenvalue weighted by Gasteiger charge is -2.35. The number of ketones is 1. The number of rotatable bonds is 13. The third-order valence-electron chi connectivity index (χ3n) is 9.51. The molecule has 3 aliphatic rings. The molecule has 11 nitrogen and oxygen atoms in total. The van der Waals surface area contributed by atoms with E-state index in [-0.39, 0.29) is 37.8 Å². The molecule has 4 atom stereocenters. The summed E-state index contributed by atoms with van der Waals surface area (Å²) in [6, 6.07) is 12.1. The molecule has 12 heteroatoms. The summed E-state index contributed by atoms with van der Waals surface area (Å²) < 4.78 is 0. The third-order valence-corrected chi connectivity index (χ3v) is 9.74. The van der Waals surface area contributed by atoms with E-state index in [1.165, 1.54) is 4.90 Å². The Bertz CT molecular complexity index is 1650. The predicted octanol–water partition coefficient (Wildman–Crippen LogP) is 4.41. The minimum Gasteiger partial charge on any atom is -0.387 e. The number of carbonyl (C=O) groups excluding carboxylic acids is 5. The van der Waals surface area contributed by atoms with Crippen molar-refractivity contribution in [1.29, 1.82) is 0 Å². The standard InChI is InChI=1S/C38H48ClN5O6/c1-6-8-28(32(46)35(48)40-27-16-17-27)41-34(47)30-21-38(20-29(43-50-38)25-9-7-10-26(39)19-25)22-44(30)36(49)33(37(3,4)5)42-31(45)18-15-24-13-11-23(2)12-14-24/h7,9-14,19,27-28,30,33H,6,8,15-18,20-22H2,1-5H3,(H,40,48)(H,41,47)(H,42,45)/t28-,30-,33+,38+/m0/s1. The average Bonchev–Trinajstić information content (AvgIpc) is 3.66. The van der Waals surface area contributed by atoms with Crippen LogP contribution in [0.5, 0.6) is 0 Å². The molecule has 4 amide bonds. The van der Waals surface area contributed by atoms with Gasteiger partial charge in [0, 0.05) is 35.9 Å². The molecular formula is C38H48ClN5O6. The Kier molecular flexibility index (Phi) is 11.3. The van der Waals surface area contributed by atoms with E-state index in [0.717, 1.165) is 29.5 Å². The number of nitrogens with zero attached hydrogens (tertiary/aromatic N) is 2. The maximum absolute atomic E-state index is 14.6. The van der Waals surface area contributed by atoms with Crippen LogP contribution >= 0.6 is 11.6 Å². The van der Waals surface area contributed by atoms with Crippen LogP contribution in [0.15, 0.2) is 53.7 Å². The zero-order valence-corrected chi connectivity index (χ0v) is 30.3. The summed E-state index contributed by atoms with van der Waals surface area (Å²) in [6.07, 6.45) is 3.54. The van der Waals surface area contributed by atoms with Crippen LogP contribution in [-0.2, 0) is 35.2 Å². The van der Waals surface area contributed by atoms with Crippen molar-refractivity contribution in [1.82, 2.24) is 20.9 Å². The quantitative estimate of drug-likeness (QED) is 0.263. The molecule has 50 heavy (non-hydrogen) atoms. The second-order valence-corrected chi connectivity index (χ2v) is 15.4. The van der Waals surface area contributed by atoms with Gasteiger partial charge >= 0.3 is 0 Å². The molecule has 0 unspecified atom stereocenters. The Morgan fingerprint density at radius 2 is 1.78 bits per heavy atom. The van der Waals surface area contributed by atoms with Crippen LogP contribution in [-0.4, -0.2) is 76.3 Å². The molecule has 2 aromatic carbocycles. The van der Waals surface area contributed by atoms with Crippen LogP contribution in [0, 0.1) is 12.3 Å². The summed E-state index contributed by atoms with van der Waals surface area (Å²) in [6.45, 7) is 9.47. The Hall–Kier alpha value is -4.25. The number of hydrogen-bond donors (Lipinski definition) is 3. The highest BCUT2D eigenvalue weighted by molar-refractivity contribution is 6.38. The van der Waals surface area contributed by atoms with Crippen LogP contribution in [0.2, 0.25) is 5.02 Å². The number of halogens is 1. The highest BCUT2D eigenvalue weighted by Crippen LogP contribution is 2.40. The van der Waals surface area contributed by atoms with Crippen molar-refractivity contribution in [3.63, 3.8) is 0 Å². The highest BCUT2D eigenvalue weighted by Gasteiger charge is 2.55. The molecule has 2 heterocycles. The van der Waals surface area contributed by atoms with Gasteiger partial charge in [0.05, 0.1) is 18.3 Å². The fraction of sp³-hybridized carbons (Fsp3) is 0.526. The topological polar surface area (TPSA) is 146 Å². The number of likely N-dealkylation sites (tertiary alicyclic amines) is 1. The lowest BCUT2D eigenvalue weighted by atomic mass is 9.85. The van der Waals surface area contributed by atoms with Gasteiger partial charge in [0.25, 0.3) is 5.91 Å². The van der Waals surface area contributed by atoms with Crippen LogP contribution in [0.4, 0.5) is 0 Å². The number of carbonyl (C=O) groups is 5. The Balaban J connectivity index is 1.37. The third kappa shape index (κ3) is 9.10. The molecule has 2 aliphatic heterocycles. The molecule has 1 spiro atoms. The van der Waals surface area contributed by atoms with Crippen molar-refractivity contribution < 1.29 is 28.8 Å². The van der Waals surface area contributed by atoms with Gasteiger partial charge in [-0.1, -0.05) is 92.8 Å². The Morgan fingerprint density at radius 3 is 2.42 bits per heavy atom. The van der Waals surface area contributed by atoms with Crippen molar-refractivity contribution >= 4 is 46.7 Å². The van der Waals surface area contributed by atoms with Crippen molar-refractivity contribution in [3.05, 3.63) is 70.2 Å². The van der Waals surface area contributed by atoms with Crippen LogP contribution in [0.3, 0.4) is 0 Å². The number of hydrogen-bond acceptors (Lipinski definition) is 7.